The Morgan fingerprint density at radius 2 is 1.83 bits per heavy atom. The smallest absolute Gasteiger partial charge is 0.310 e. The number of hydrogen-bond acceptors (Lipinski definition) is 4. The van der Waals surface area contributed by atoms with E-state index in [1.54, 1.807) is 0 Å². The standard InChI is InChI=1S/C32H47NO3/c1-5-10-26-24(20-31(35)36-6-2)16-18-29-27(26)17-15-23(22-11-9-12-22)19-25(33-29)13-7-8-14-30(34)28-21-32(28,3)4/h16,18,22-23,28H,5-15,17,19-21H2,1-4H3/b33-25-/t23?,28-/m1/s1. The van der Waals surface area contributed by atoms with Crippen molar-refractivity contribution in [2.45, 2.75) is 118 Å². The minimum Gasteiger partial charge on any atom is -0.466 e. The first kappa shape index (κ1) is 27.1. The first-order valence-electron chi connectivity index (χ1n) is 14.7. The molecule has 0 bridgehead atoms. The van der Waals surface area contributed by atoms with Gasteiger partial charge in [0.25, 0.3) is 0 Å². The Balaban J connectivity index is 1.51. The van der Waals surface area contributed by atoms with Gasteiger partial charge in [0.05, 0.1) is 18.7 Å². The van der Waals surface area contributed by atoms with Gasteiger partial charge < -0.3 is 4.74 Å². The lowest BCUT2D eigenvalue weighted by Crippen LogP contribution is -2.26. The Morgan fingerprint density at radius 3 is 2.47 bits per heavy atom. The third-order valence-corrected chi connectivity index (χ3v) is 9.04. The monoisotopic (exact) mass is 493 g/mol. The van der Waals surface area contributed by atoms with E-state index in [1.807, 2.05) is 6.92 Å². The van der Waals surface area contributed by atoms with E-state index in [1.165, 1.54) is 42.5 Å². The second kappa shape index (κ2) is 12.0. The lowest BCUT2D eigenvalue weighted by Gasteiger charge is -2.35. The van der Waals surface area contributed by atoms with Crippen LogP contribution in [-0.4, -0.2) is 24.1 Å². The summed E-state index contributed by atoms with van der Waals surface area (Å²) in [5.74, 6) is 2.18. The summed E-state index contributed by atoms with van der Waals surface area (Å²) in [5, 5.41) is 0. The zero-order valence-corrected chi connectivity index (χ0v) is 23.2. The molecule has 0 radical (unpaired) electrons. The van der Waals surface area contributed by atoms with Crippen molar-refractivity contribution >= 4 is 23.2 Å². The van der Waals surface area contributed by atoms with E-state index in [0.29, 0.717) is 30.6 Å². The Morgan fingerprint density at radius 1 is 1.06 bits per heavy atom. The molecule has 0 spiro atoms. The van der Waals surface area contributed by atoms with Crippen molar-refractivity contribution in [3.8, 4) is 0 Å². The van der Waals surface area contributed by atoms with Crippen LogP contribution in [-0.2, 0) is 33.6 Å². The maximum absolute atomic E-state index is 12.5. The number of esters is 1. The fourth-order valence-corrected chi connectivity index (χ4v) is 6.45. The summed E-state index contributed by atoms with van der Waals surface area (Å²) in [4.78, 5) is 30.1. The van der Waals surface area contributed by atoms with Crippen LogP contribution in [0.4, 0.5) is 5.69 Å². The Hall–Kier alpha value is -1.97. The van der Waals surface area contributed by atoms with Gasteiger partial charge in [-0.2, -0.15) is 0 Å². The first-order chi connectivity index (χ1) is 17.3. The fourth-order valence-electron chi connectivity index (χ4n) is 6.45. The third kappa shape index (κ3) is 6.66. The van der Waals surface area contributed by atoms with E-state index < -0.39 is 0 Å². The molecule has 1 aliphatic heterocycles. The molecule has 4 nitrogen and oxygen atoms in total. The van der Waals surface area contributed by atoms with E-state index >= 15 is 0 Å². The third-order valence-electron chi connectivity index (χ3n) is 9.04. The van der Waals surface area contributed by atoms with Gasteiger partial charge >= 0.3 is 5.97 Å². The molecule has 1 heterocycles. The second-order valence-corrected chi connectivity index (χ2v) is 12.2. The minimum atomic E-state index is -0.138. The van der Waals surface area contributed by atoms with Crippen LogP contribution in [0, 0.1) is 23.2 Å². The number of aliphatic imine (C=N–C) groups is 1. The van der Waals surface area contributed by atoms with Gasteiger partial charge in [0, 0.05) is 18.1 Å². The highest BCUT2D eigenvalue weighted by molar-refractivity contribution is 5.88. The van der Waals surface area contributed by atoms with Crippen molar-refractivity contribution in [1.82, 2.24) is 0 Å². The van der Waals surface area contributed by atoms with Gasteiger partial charge in [-0.15, -0.1) is 0 Å². The highest BCUT2D eigenvalue weighted by atomic mass is 16.5. The number of carbonyl (C=O) groups excluding carboxylic acids is 2. The number of unbranched alkanes of at least 4 members (excludes halogenated alkanes) is 1. The Kier molecular flexibility index (Phi) is 9.06. The van der Waals surface area contributed by atoms with E-state index in [0.717, 1.165) is 75.0 Å². The average molecular weight is 494 g/mol. The lowest BCUT2D eigenvalue weighted by atomic mass is 9.71. The van der Waals surface area contributed by atoms with Gasteiger partial charge in [0.15, 0.2) is 0 Å². The topological polar surface area (TPSA) is 55.7 Å². The molecule has 1 aromatic carbocycles. The molecule has 0 aromatic heterocycles. The largest absolute Gasteiger partial charge is 0.466 e. The predicted octanol–water partition coefficient (Wildman–Crippen LogP) is 7.75. The summed E-state index contributed by atoms with van der Waals surface area (Å²) in [6, 6.07) is 4.26. The minimum absolute atomic E-state index is 0.138. The van der Waals surface area contributed by atoms with Crippen molar-refractivity contribution in [2.75, 3.05) is 6.61 Å². The molecule has 2 aliphatic carbocycles. The van der Waals surface area contributed by atoms with Gasteiger partial charge in [-0.3, -0.25) is 14.6 Å². The van der Waals surface area contributed by atoms with Crippen LogP contribution >= 0.6 is 0 Å². The molecule has 4 rings (SSSR count). The molecular formula is C32H47NO3. The molecule has 198 valence electrons. The van der Waals surface area contributed by atoms with Crippen molar-refractivity contribution in [3.05, 3.63) is 28.8 Å². The van der Waals surface area contributed by atoms with Crippen LogP contribution in [0.3, 0.4) is 0 Å². The summed E-state index contributed by atoms with van der Waals surface area (Å²) in [6.45, 7) is 8.93. The Labute approximate surface area is 218 Å². The summed E-state index contributed by atoms with van der Waals surface area (Å²) < 4.78 is 5.27. The number of nitrogens with zero attached hydrogens (tertiary/aromatic N) is 1. The van der Waals surface area contributed by atoms with Crippen molar-refractivity contribution in [2.24, 2.45) is 28.2 Å². The van der Waals surface area contributed by atoms with Crippen molar-refractivity contribution in [3.63, 3.8) is 0 Å². The molecule has 0 N–H and O–H groups in total. The normalized spacial score (nSPS) is 24.5. The summed E-state index contributed by atoms with van der Waals surface area (Å²) >= 11 is 0. The van der Waals surface area contributed by atoms with Crippen LogP contribution in [0.25, 0.3) is 0 Å². The number of rotatable bonds is 12. The van der Waals surface area contributed by atoms with Crippen LogP contribution in [0.1, 0.15) is 115 Å². The molecule has 36 heavy (non-hydrogen) atoms. The molecule has 1 unspecified atom stereocenters. The van der Waals surface area contributed by atoms with Gasteiger partial charge in [0.1, 0.15) is 5.78 Å². The number of ketones is 1. The highest BCUT2D eigenvalue weighted by Gasteiger charge is 2.49. The molecule has 0 saturated heterocycles. The second-order valence-electron chi connectivity index (χ2n) is 12.2. The van der Waals surface area contributed by atoms with Crippen LogP contribution < -0.4 is 0 Å². The van der Waals surface area contributed by atoms with Crippen LogP contribution in [0.15, 0.2) is 17.1 Å². The summed E-state index contributed by atoms with van der Waals surface area (Å²) in [6.07, 6.45) is 14.7. The first-order valence-corrected chi connectivity index (χ1v) is 14.7. The molecule has 4 heteroatoms. The molecule has 2 fully saturated rings. The molecule has 1 aromatic rings. The van der Waals surface area contributed by atoms with Crippen molar-refractivity contribution in [1.29, 1.82) is 0 Å². The summed E-state index contributed by atoms with van der Waals surface area (Å²) in [5.41, 5.74) is 6.50. The van der Waals surface area contributed by atoms with Gasteiger partial charge in [-0.25, -0.2) is 0 Å². The molecule has 0 amide bonds. The predicted molar refractivity (Wildman–Crippen MR) is 147 cm³/mol. The maximum Gasteiger partial charge on any atom is 0.310 e. The Bertz CT molecular complexity index is 972. The molecule has 3 aliphatic rings. The number of carbonyl (C=O) groups is 2. The fraction of sp³-hybridized carbons (Fsp3) is 0.719. The lowest BCUT2D eigenvalue weighted by molar-refractivity contribution is -0.142. The van der Waals surface area contributed by atoms with Crippen LogP contribution in [0.5, 0.6) is 0 Å². The SMILES string of the molecule is CCCc1c(CC(=O)OCC)ccc2c1CCC(C1CCC1)C/C(CCCCC(=O)[C@H]1CC1(C)C)=N\2. The zero-order valence-electron chi connectivity index (χ0n) is 23.2. The zero-order chi connectivity index (χ0) is 25.7. The highest BCUT2D eigenvalue weighted by Crippen LogP contribution is 2.52. The molecular weight excluding hydrogens is 446 g/mol. The van der Waals surface area contributed by atoms with E-state index in [2.05, 4.69) is 32.9 Å². The quantitative estimate of drug-likeness (QED) is 0.221. The molecule has 2 saturated carbocycles. The number of Topliss-reactive ketones (excluding diaryl/α,β-unsaturated/α-hetero) is 1. The van der Waals surface area contributed by atoms with E-state index in [9.17, 15) is 9.59 Å². The van der Waals surface area contributed by atoms with Gasteiger partial charge in [-0.05, 0) is 98.3 Å². The molecule has 2 atom stereocenters. The number of benzene rings is 1. The van der Waals surface area contributed by atoms with Crippen LogP contribution in [0.2, 0.25) is 0 Å². The van der Waals surface area contributed by atoms with E-state index in [4.69, 9.17) is 9.73 Å². The van der Waals surface area contributed by atoms with Gasteiger partial charge in [0.2, 0.25) is 0 Å². The number of ether oxygens (including phenoxy) is 1. The van der Waals surface area contributed by atoms with Gasteiger partial charge in [-0.1, -0.05) is 52.5 Å². The summed E-state index contributed by atoms with van der Waals surface area (Å²) in [7, 11) is 0. The van der Waals surface area contributed by atoms with Crippen molar-refractivity contribution < 1.29 is 14.3 Å². The number of hydrogen-bond donors (Lipinski definition) is 0. The average Bonchev–Trinajstić information content (AvgIpc) is 3.43. The number of fused-ring (bicyclic) bond motifs is 1. The van der Waals surface area contributed by atoms with E-state index in [-0.39, 0.29) is 11.4 Å². The maximum atomic E-state index is 12.5.